The van der Waals surface area contributed by atoms with E-state index in [1.54, 1.807) is 59.5 Å². The number of aromatic nitrogens is 5. The summed E-state index contributed by atoms with van der Waals surface area (Å²) in [5.74, 6) is -3.48. The summed E-state index contributed by atoms with van der Waals surface area (Å²) in [5.41, 5.74) is 2.86. The predicted molar refractivity (Wildman–Crippen MR) is 187 cm³/mol. The second-order valence-corrected chi connectivity index (χ2v) is 12.5. The van der Waals surface area contributed by atoms with Crippen LogP contribution in [0.15, 0.2) is 73.1 Å². The summed E-state index contributed by atoms with van der Waals surface area (Å²) >= 11 is 6.29. The SMILES string of the molecule is O=C(O)c1cc2cc(NC(=O)[C@H](Cc3ccc(NC(=O)N4CCOCC4)cc3)N3CCN(c4cc(Cl)ccc4-n4cnnn4)C(=O)C3=O)ccc2[nH]1. The van der Waals surface area contributed by atoms with Gasteiger partial charge < -0.3 is 40.2 Å². The minimum atomic E-state index is -1.14. The number of benzene rings is 3. The number of aromatic carboxylic acids is 1. The number of rotatable bonds is 9. The fourth-order valence-corrected chi connectivity index (χ4v) is 6.33. The third-order valence-electron chi connectivity index (χ3n) is 8.81. The Morgan fingerprint density at radius 2 is 1.65 bits per heavy atom. The molecule has 266 valence electrons. The lowest BCUT2D eigenvalue weighted by atomic mass is 10.0. The van der Waals surface area contributed by atoms with Crippen LogP contribution in [0.5, 0.6) is 0 Å². The number of carbonyl (C=O) groups is 5. The highest BCUT2D eigenvalue weighted by atomic mass is 35.5. The second kappa shape index (κ2) is 14.5. The number of amides is 5. The predicted octanol–water partition coefficient (Wildman–Crippen LogP) is 2.78. The minimum absolute atomic E-state index is 0.00325. The standard InChI is InChI=1S/C34H31ClN10O7/c35-22-3-8-27(45-19-36-40-41-45)28(18-22)43-9-10-44(32(48)31(43)47)29(30(46)37-24-6-7-25-21(16-24)17-26(39-25)33(49)50)15-20-1-4-23(5-2-20)38-34(51)42-11-13-52-14-12-42/h1-8,16-19,29,39H,9-15H2,(H,37,46)(H,38,51)(H,49,50)/t29-/m0/s1. The molecule has 5 aromatic rings. The molecule has 5 amide bonds. The van der Waals surface area contributed by atoms with Gasteiger partial charge in [0, 0.05) is 59.9 Å². The number of hydrogen-bond donors (Lipinski definition) is 4. The van der Waals surface area contributed by atoms with Gasteiger partial charge in [0.2, 0.25) is 5.91 Å². The maximum atomic E-state index is 14.1. The monoisotopic (exact) mass is 726 g/mol. The molecule has 17 nitrogen and oxygen atoms in total. The number of urea groups is 1. The number of anilines is 3. The molecule has 0 unspecified atom stereocenters. The molecule has 1 atom stereocenters. The lowest BCUT2D eigenvalue weighted by Crippen LogP contribution is -2.60. The molecule has 18 heteroatoms. The van der Waals surface area contributed by atoms with E-state index in [1.165, 1.54) is 32.9 Å². The van der Waals surface area contributed by atoms with E-state index in [9.17, 15) is 29.1 Å². The first-order valence-corrected chi connectivity index (χ1v) is 16.6. The molecule has 4 heterocycles. The van der Waals surface area contributed by atoms with E-state index in [4.69, 9.17) is 16.3 Å². The van der Waals surface area contributed by atoms with Crippen molar-refractivity contribution in [2.75, 3.05) is 54.9 Å². The largest absolute Gasteiger partial charge is 0.477 e. The van der Waals surface area contributed by atoms with Gasteiger partial charge in [-0.25, -0.2) is 9.59 Å². The Bertz CT molecular complexity index is 2170. The van der Waals surface area contributed by atoms with Crippen LogP contribution in [0.25, 0.3) is 16.6 Å². The highest BCUT2D eigenvalue weighted by Gasteiger charge is 2.40. The molecule has 0 aliphatic carbocycles. The molecular weight excluding hydrogens is 696 g/mol. The molecule has 0 saturated carbocycles. The van der Waals surface area contributed by atoms with Gasteiger partial charge in [-0.3, -0.25) is 14.4 Å². The number of morpholine rings is 1. The first-order valence-electron chi connectivity index (χ1n) is 16.2. The van der Waals surface area contributed by atoms with Gasteiger partial charge in [-0.1, -0.05) is 23.7 Å². The highest BCUT2D eigenvalue weighted by Crippen LogP contribution is 2.30. The van der Waals surface area contributed by atoms with E-state index >= 15 is 0 Å². The average molecular weight is 727 g/mol. The number of carboxylic acid groups (broad SMARTS) is 1. The van der Waals surface area contributed by atoms with Crippen LogP contribution in [0.3, 0.4) is 0 Å². The Morgan fingerprint density at radius 3 is 2.38 bits per heavy atom. The summed E-state index contributed by atoms with van der Waals surface area (Å²) < 4.78 is 6.66. The van der Waals surface area contributed by atoms with E-state index in [1.807, 2.05) is 0 Å². The number of ether oxygens (including phenoxy) is 1. The Balaban J connectivity index is 1.14. The topological polar surface area (TPSA) is 208 Å². The van der Waals surface area contributed by atoms with Gasteiger partial charge >= 0.3 is 23.8 Å². The Hall–Kier alpha value is -6.33. The number of fused-ring (bicyclic) bond motifs is 1. The summed E-state index contributed by atoms with van der Waals surface area (Å²) in [6, 6.07) is 16.6. The van der Waals surface area contributed by atoms with Crippen molar-refractivity contribution < 1.29 is 33.8 Å². The number of nitrogens with one attached hydrogen (secondary N) is 3. The van der Waals surface area contributed by atoms with Crippen LogP contribution >= 0.6 is 11.6 Å². The average Bonchev–Trinajstić information content (AvgIpc) is 3.84. The lowest BCUT2D eigenvalue weighted by molar-refractivity contribution is -0.149. The first-order chi connectivity index (χ1) is 25.1. The molecule has 3 aromatic carbocycles. The number of tetrazole rings is 1. The number of H-pyrrole nitrogens is 1. The van der Waals surface area contributed by atoms with Gasteiger partial charge in [-0.15, -0.1) is 5.10 Å². The zero-order chi connectivity index (χ0) is 36.4. The van der Waals surface area contributed by atoms with Crippen LogP contribution in [-0.2, 0) is 25.5 Å². The second-order valence-electron chi connectivity index (χ2n) is 12.1. The van der Waals surface area contributed by atoms with Gasteiger partial charge in [0.15, 0.2) is 0 Å². The molecular formula is C34H31ClN10O7. The molecule has 2 aromatic heterocycles. The zero-order valence-corrected chi connectivity index (χ0v) is 28.1. The third kappa shape index (κ3) is 7.12. The Kier molecular flexibility index (Phi) is 9.51. The molecule has 2 aliphatic rings. The summed E-state index contributed by atoms with van der Waals surface area (Å²) in [4.78, 5) is 72.9. The molecule has 2 aliphatic heterocycles. The lowest BCUT2D eigenvalue weighted by Gasteiger charge is -2.38. The van der Waals surface area contributed by atoms with Crippen LogP contribution in [-0.4, -0.2) is 115 Å². The first kappa shape index (κ1) is 34.1. The summed E-state index contributed by atoms with van der Waals surface area (Å²) in [7, 11) is 0. The molecule has 2 fully saturated rings. The van der Waals surface area contributed by atoms with Gasteiger partial charge in [0.1, 0.15) is 18.1 Å². The molecule has 7 rings (SSSR count). The molecule has 2 saturated heterocycles. The molecule has 0 bridgehead atoms. The third-order valence-corrected chi connectivity index (χ3v) is 9.04. The fourth-order valence-electron chi connectivity index (χ4n) is 6.17. The van der Waals surface area contributed by atoms with Crippen molar-refractivity contribution in [3.05, 3.63) is 89.3 Å². The maximum absolute atomic E-state index is 14.1. The van der Waals surface area contributed by atoms with E-state index in [0.717, 1.165) is 0 Å². The summed E-state index contributed by atoms with van der Waals surface area (Å²) in [5, 5.41) is 27.2. The quantitative estimate of drug-likeness (QED) is 0.163. The van der Waals surface area contributed by atoms with Crippen molar-refractivity contribution >= 4 is 69.3 Å². The van der Waals surface area contributed by atoms with Crippen molar-refractivity contribution in [2.24, 2.45) is 0 Å². The summed E-state index contributed by atoms with van der Waals surface area (Å²) in [6.45, 7) is 1.92. The van der Waals surface area contributed by atoms with Crippen LogP contribution in [0, 0.1) is 0 Å². The minimum Gasteiger partial charge on any atom is -0.477 e. The van der Waals surface area contributed by atoms with Crippen molar-refractivity contribution in [3.8, 4) is 5.69 Å². The van der Waals surface area contributed by atoms with E-state index in [-0.39, 0.29) is 31.2 Å². The van der Waals surface area contributed by atoms with Gasteiger partial charge in [-0.05, 0) is 70.6 Å². The van der Waals surface area contributed by atoms with Crippen LogP contribution in [0.1, 0.15) is 16.1 Å². The molecule has 0 radical (unpaired) electrons. The van der Waals surface area contributed by atoms with Crippen LogP contribution < -0.4 is 15.5 Å². The van der Waals surface area contributed by atoms with Crippen molar-refractivity contribution in [1.82, 2.24) is 35.0 Å². The Morgan fingerprint density at radius 1 is 0.885 bits per heavy atom. The smallest absolute Gasteiger partial charge is 0.352 e. The van der Waals surface area contributed by atoms with Crippen LogP contribution in [0.2, 0.25) is 5.02 Å². The van der Waals surface area contributed by atoms with Crippen molar-refractivity contribution in [3.63, 3.8) is 0 Å². The van der Waals surface area contributed by atoms with Gasteiger partial charge in [-0.2, -0.15) is 4.68 Å². The Labute approximate surface area is 300 Å². The van der Waals surface area contributed by atoms with E-state index in [0.29, 0.717) is 70.5 Å². The number of hydrogen-bond acceptors (Lipinski definition) is 9. The number of carboxylic acids is 1. The number of piperazine rings is 1. The van der Waals surface area contributed by atoms with Gasteiger partial charge in [0.05, 0.1) is 24.6 Å². The van der Waals surface area contributed by atoms with Gasteiger partial charge in [0.25, 0.3) is 0 Å². The molecule has 4 N–H and O–H groups in total. The number of carbonyl (C=O) groups excluding carboxylic acids is 4. The summed E-state index contributed by atoms with van der Waals surface area (Å²) in [6.07, 6.45) is 1.38. The highest BCUT2D eigenvalue weighted by molar-refractivity contribution is 6.41. The zero-order valence-electron chi connectivity index (χ0n) is 27.4. The molecule has 52 heavy (non-hydrogen) atoms. The number of nitrogens with zero attached hydrogens (tertiary/aromatic N) is 7. The fraction of sp³-hybridized carbons (Fsp3) is 0.235. The maximum Gasteiger partial charge on any atom is 0.352 e. The van der Waals surface area contributed by atoms with Crippen molar-refractivity contribution in [1.29, 1.82) is 0 Å². The number of halogens is 1. The van der Waals surface area contributed by atoms with Crippen molar-refractivity contribution in [2.45, 2.75) is 12.5 Å². The van der Waals surface area contributed by atoms with E-state index < -0.39 is 29.7 Å². The normalized spacial score (nSPS) is 15.5. The van der Waals surface area contributed by atoms with E-state index in [2.05, 4.69) is 31.1 Å². The molecule has 0 spiro atoms. The van der Waals surface area contributed by atoms with Crippen LogP contribution in [0.4, 0.5) is 21.9 Å². The number of aromatic amines is 1.